The van der Waals surface area contributed by atoms with Crippen molar-refractivity contribution in [3.05, 3.63) is 24.3 Å². The van der Waals surface area contributed by atoms with Crippen molar-refractivity contribution in [2.45, 2.75) is 77.6 Å². The Bertz CT molecular complexity index is 206. The molecule has 0 rings (SSSR count). The lowest BCUT2D eigenvalue weighted by Gasteiger charge is -1.99. The molecule has 0 aromatic heterocycles. The Hall–Kier alpha value is -0.560. The maximum Gasteiger partial charge on any atom is 0.0462 e. The van der Waals surface area contributed by atoms with Crippen LogP contribution in [0, 0.1) is 0 Å². The number of methoxy groups -OCH3 is 1. The lowest BCUT2D eigenvalue weighted by molar-refractivity contribution is 0.192. The Labute approximate surface area is 121 Å². The Morgan fingerprint density at radius 3 is 1.89 bits per heavy atom. The van der Waals surface area contributed by atoms with Crippen molar-refractivity contribution in [2.75, 3.05) is 13.7 Å². The summed E-state index contributed by atoms with van der Waals surface area (Å²) in [4.78, 5) is 0. The third kappa shape index (κ3) is 17.4. The molecule has 0 bridgehead atoms. The highest BCUT2D eigenvalue weighted by Crippen LogP contribution is 2.06. The molecule has 0 aliphatic rings. The number of allylic oxidation sites excluding steroid dienone is 4. The number of unbranched alkanes of at least 4 members (excludes halogenated alkanes) is 8. The molecule has 0 amide bonds. The van der Waals surface area contributed by atoms with Crippen LogP contribution in [0.2, 0.25) is 0 Å². The van der Waals surface area contributed by atoms with Crippen molar-refractivity contribution < 1.29 is 4.74 Å². The molecule has 0 aliphatic heterocycles. The van der Waals surface area contributed by atoms with Crippen molar-refractivity contribution >= 4 is 0 Å². The summed E-state index contributed by atoms with van der Waals surface area (Å²) < 4.78 is 5.04. The van der Waals surface area contributed by atoms with E-state index in [2.05, 4.69) is 31.2 Å². The van der Waals surface area contributed by atoms with E-state index in [0.29, 0.717) is 0 Å². The molecule has 0 aliphatic carbocycles. The molecule has 0 radical (unpaired) electrons. The summed E-state index contributed by atoms with van der Waals surface area (Å²) >= 11 is 0. The van der Waals surface area contributed by atoms with Crippen molar-refractivity contribution in [1.82, 2.24) is 0 Å². The summed E-state index contributed by atoms with van der Waals surface area (Å²) in [5.74, 6) is 0. The highest BCUT2D eigenvalue weighted by Gasteiger charge is 1.89. The van der Waals surface area contributed by atoms with E-state index >= 15 is 0 Å². The van der Waals surface area contributed by atoms with Crippen LogP contribution in [0.5, 0.6) is 0 Å². The molecule has 0 N–H and O–H groups in total. The van der Waals surface area contributed by atoms with Crippen molar-refractivity contribution in [1.29, 1.82) is 0 Å². The third-order valence-corrected chi connectivity index (χ3v) is 3.30. The summed E-state index contributed by atoms with van der Waals surface area (Å²) in [5.41, 5.74) is 0. The van der Waals surface area contributed by atoms with E-state index in [0.717, 1.165) is 13.0 Å². The molecule has 0 saturated heterocycles. The zero-order chi connectivity index (χ0) is 14.0. The third-order valence-electron chi connectivity index (χ3n) is 3.30. The second kappa shape index (κ2) is 17.4. The van der Waals surface area contributed by atoms with Gasteiger partial charge in [0, 0.05) is 13.7 Å². The quantitative estimate of drug-likeness (QED) is 0.274. The topological polar surface area (TPSA) is 9.23 Å². The van der Waals surface area contributed by atoms with Crippen LogP contribution >= 0.6 is 0 Å². The summed E-state index contributed by atoms with van der Waals surface area (Å²) in [6.07, 6.45) is 23.5. The van der Waals surface area contributed by atoms with Gasteiger partial charge in [-0.2, -0.15) is 0 Å². The van der Waals surface area contributed by atoms with Crippen LogP contribution in [-0.2, 0) is 4.74 Å². The van der Waals surface area contributed by atoms with Gasteiger partial charge in [0.1, 0.15) is 0 Å². The molecule has 1 nitrogen and oxygen atoms in total. The lowest BCUT2D eigenvalue weighted by Crippen LogP contribution is -1.87. The zero-order valence-corrected chi connectivity index (χ0v) is 13.2. The predicted molar refractivity (Wildman–Crippen MR) is 86.6 cm³/mol. The van der Waals surface area contributed by atoms with Gasteiger partial charge < -0.3 is 4.74 Å². The molecule has 0 saturated carbocycles. The summed E-state index contributed by atoms with van der Waals surface area (Å²) in [7, 11) is 1.78. The second-order valence-electron chi connectivity index (χ2n) is 5.22. The second-order valence-corrected chi connectivity index (χ2v) is 5.22. The molecule has 0 fully saturated rings. The zero-order valence-electron chi connectivity index (χ0n) is 13.2. The van der Waals surface area contributed by atoms with E-state index in [-0.39, 0.29) is 0 Å². The molecule has 1 heteroatoms. The SMILES string of the molecule is CCCCC/C=C\C/C=C\CCCCCCCOC. The minimum Gasteiger partial charge on any atom is -0.385 e. The molecule has 0 atom stereocenters. The fourth-order valence-electron chi connectivity index (χ4n) is 2.06. The first-order valence-electron chi connectivity index (χ1n) is 8.20. The molecular weight excluding hydrogens is 232 g/mol. The number of hydrogen-bond donors (Lipinski definition) is 0. The largest absolute Gasteiger partial charge is 0.385 e. The van der Waals surface area contributed by atoms with Gasteiger partial charge in [-0.3, -0.25) is 0 Å². The van der Waals surface area contributed by atoms with Crippen molar-refractivity contribution in [3.8, 4) is 0 Å². The molecule has 0 aromatic carbocycles. The molecule has 0 spiro atoms. The van der Waals surface area contributed by atoms with Crippen LogP contribution in [0.3, 0.4) is 0 Å². The monoisotopic (exact) mass is 266 g/mol. The highest BCUT2D eigenvalue weighted by molar-refractivity contribution is 4.92. The Morgan fingerprint density at radius 2 is 1.26 bits per heavy atom. The van der Waals surface area contributed by atoms with Crippen LogP contribution in [-0.4, -0.2) is 13.7 Å². The van der Waals surface area contributed by atoms with Gasteiger partial charge in [-0.1, -0.05) is 63.3 Å². The van der Waals surface area contributed by atoms with Crippen LogP contribution in [0.25, 0.3) is 0 Å². The Kier molecular flexibility index (Phi) is 16.9. The van der Waals surface area contributed by atoms with Gasteiger partial charge in [0.2, 0.25) is 0 Å². The summed E-state index contributed by atoms with van der Waals surface area (Å²) in [5, 5.41) is 0. The average molecular weight is 266 g/mol. The molecule has 112 valence electrons. The van der Waals surface area contributed by atoms with E-state index in [1.165, 1.54) is 64.2 Å². The molecule has 0 unspecified atom stereocenters. The van der Waals surface area contributed by atoms with E-state index in [1.54, 1.807) is 7.11 Å². The lowest BCUT2D eigenvalue weighted by atomic mass is 10.1. The molecule has 0 heterocycles. The molecule has 0 aromatic rings. The normalized spacial score (nSPS) is 11.9. The molecular formula is C18H34O. The standard InChI is InChI=1S/C18H34O/c1-3-4-5-6-7-8-9-10-11-12-13-14-15-16-17-18-19-2/h7-8,10-11H,3-6,9,12-18H2,1-2H3/b8-7-,11-10-. The van der Waals surface area contributed by atoms with Crippen LogP contribution in [0.4, 0.5) is 0 Å². The van der Waals surface area contributed by atoms with Gasteiger partial charge in [-0.25, -0.2) is 0 Å². The minimum atomic E-state index is 0.921. The van der Waals surface area contributed by atoms with Crippen LogP contribution in [0.1, 0.15) is 77.6 Å². The van der Waals surface area contributed by atoms with E-state index in [4.69, 9.17) is 4.74 Å². The Morgan fingerprint density at radius 1 is 0.684 bits per heavy atom. The van der Waals surface area contributed by atoms with Crippen molar-refractivity contribution in [3.63, 3.8) is 0 Å². The van der Waals surface area contributed by atoms with Gasteiger partial charge in [-0.15, -0.1) is 0 Å². The van der Waals surface area contributed by atoms with Gasteiger partial charge in [0.15, 0.2) is 0 Å². The summed E-state index contributed by atoms with van der Waals surface area (Å²) in [6.45, 7) is 3.18. The smallest absolute Gasteiger partial charge is 0.0462 e. The molecule has 19 heavy (non-hydrogen) atoms. The number of ether oxygens (including phenoxy) is 1. The average Bonchev–Trinajstić information content (AvgIpc) is 2.43. The summed E-state index contributed by atoms with van der Waals surface area (Å²) in [6, 6.07) is 0. The van der Waals surface area contributed by atoms with Crippen LogP contribution < -0.4 is 0 Å². The van der Waals surface area contributed by atoms with Gasteiger partial charge in [0.25, 0.3) is 0 Å². The fraction of sp³-hybridized carbons (Fsp3) is 0.778. The van der Waals surface area contributed by atoms with E-state index < -0.39 is 0 Å². The van der Waals surface area contributed by atoms with E-state index in [9.17, 15) is 0 Å². The first kappa shape index (κ1) is 18.4. The number of hydrogen-bond acceptors (Lipinski definition) is 1. The first-order chi connectivity index (χ1) is 9.41. The predicted octanol–water partition coefficient (Wildman–Crippen LogP) is 6.06. The first-order valence-corrected chi connectivity index (χ1v) is 8.20. The van der Waals surface area contributed by atoms with Crippen molar-refractivity contribution in [2.24, 2.45) is 0 Å². The van der Waals surface area contributed by atoms with Gasteiger partial charge >= 0.3 is 0 Å². The maximum atomic E-state index is 5.04. The fourth-order valence-corrected chi connectivity index (χ4v) is 2.06. The minimum absolute atomic E-state index is 0.921. The maximum absolute atomic E-state index is 5.04. The van der Waals surface area contributed by atoms with Gasteiger partial charge in [0.05, 0.1) is 0 Å². The highest BCUT2D eigenvalue weighted by atomic mass is 16.5. The van der Waals surface area contributed by atoms with Crippen LogP contribution in [0.15, 0.2) is 24.3 Å². The van der Waals surface area contributed by atoms with E-state index in [1.807, 2.05) is 0 Å². The number of rotatable bonds is 14. The van der Waals surface area contributed by atoms with Gasteiger partial charge in [-0.05, 0) is 38.5 Å². The Balaban J connectivity index is 3.12.